The maximum Gasteiger partial charge on any atom is 0.146 e. The Morgan fingerprint density at radius 2 is 2.00 bits per heavy atom. The molecule has 1 aromatic heterocycles. The van der Waals surface area contributed by atoms with Crippen LogP contribution in [0.15, 0.2) is 42.7 Å². The number of aromatic nitrogens is 1. The summed E-state index contributed by atoms with van der Waals surface area (Å²) in [4.78, 5) is 3.72. The van der Waals surface area contributed by atoms with Gasteiger partial charge in [-0.1, -0.05) is 12.1 Å². The Morgan fingerprint density at radius 1 is 1.28 bits per heavy atom. The quantitative estimate of drug-likeness (QED) is 0.638. The third-order valence-corrected chi connectivity index (χ3v) is 2.73. The molecule has 5 heteroatoms. The number of ether oxygens (including phenoxy) is 1. The van der Waals surface area contributed by atoms with Gasteiger partial charge in [-0.25, -0.2) is 9.82 Å². The van der Waals surface area contributed by atoms with Crippen LogP contribution in [0.25, 0.3) is 0 Å². The number of benzene rings is 1. The highest BCUT2D eigenvalue weighted by Crippen LogP contribution is 2.24. The van der Waals surface area contributed by atoms with Crippen molar-refractivity contribution in [3.63, 3.8) is 0 Å². The fourth-order valence-corrected chi connectivity index (χ4v) is 1.78. The minimum absolute atomic E-state index is 0.392. The maximum absolute atomic E-state index is 13.7. The van der Waals surface area contributed by atoms with E-state index in [1.807, 2.05) is 12.1 Å². The normalized spacial score (nSPS) is 12.2. The van der Waals surface area contributed by atoms with Gasteiger partial charge >= 0.3 is 0 Å². The molecule has 0 radical (unpaired) electrons. The molecule has 0 amide bonds. The second kappa shape index (κ2) is 5.57. The predicted molar refractivity (Wildman–Crippen MR) is 66.4 cm³/mol. The number of nitrogens with one attached hydrogen (secondary N) is 1. The van der Waals surface area contributed by atoms with E-state index in [0.29, 0.717) is 5.56 Å². The number of methoxy groups -OCH3 is 1. The predicted octanol–water partition coefficient (Wildman–Crippen LogP) is 1.78. The van der Waals surface area contributed by atoms with Crippen LogP contribution in [-0.4, -0.2) is 12.1 Å². The molecule has 1 atom stereocenters. The standard InChI is InChI=1S/C13H14FN3O/c1-18-10-4-2-9(3-5-10)13(17-15)11-6-7-16-8-12(11)14/h2-8,13,17H,15H2,1H3. The summed E-state index contributed by atoms with van der Waals surface area (Å²) in [5, 5.41) is 0. The molecule has 0 spiro atoms. The molecule has 94 valence electrons. The monoisotopic (exact) mass is 247 g/mol. The van der Waals surface area contributed by atoms with E-state index in [-0.39, 0.29) is 0 Å². The summed E-state index contributed by atoms with van der Waals surface area (Å²) < 4.78 is 18.8. The summed E-state index contributed by atoms with van der Waals surface area (Å²) in [5.41, 5.74) is 3.91. The molecule has 2 rings (SSSR count). The molecule has 0 fully saturated rings. The van der Waals surface area contributed by atoms with Gasteiger partial charge in [-0.15, -0.1) is 0 Å². The Kier molecular flexibility index (Phi) is 3.86. The lowest BCUT2D eigenvalue weighted by Crippen LogP contribution is -2.29. The van der Waals surface area contributed by atoms with Crippen LogP contribution in [-0.2, 0) is 0 Å². The van der Waals surface area contributed by atoms with Gasteiger partial charge in [0, 0.05) is 11.8 Å². The van der Waals surface area contributed by atoms with Crippen LogP contribution in [0.3, 0.4) is 0 Å². The van der Waals surface area contributed by atoms with Gasteiger partial charge in [0.15, 0.2) is 0 Å². The minimum atomic E-state index is -0.418. The fraction of sp³-hybridized carbons (Fsp3) is 0.154. The summed E-state index contributed by atoms with van der Waals surface area (Å²) in [6.07, 6.45) is 2.70. The van der Waals surface area contributed by atoms with E-state index in [0.717, 1.165) is 11.3 Å². The van der Waals surface area contributed by atoms with Crippen molar-refractivity contribution >= 4 is 0 Å². The summed E-state index contributed by atoms with van der Waals surface area (Å²) in [6.45, 7) is 0. The van der Waals surface area contributed by atoms with E-state index in [1.54, 1.807) is 25.3 Å². The summed E-state index contributed by atoms with van der Waals surface area (Å²) in [7, 11) is 1.59. The Morgan fingerprint density at radius 3 is 2.56 bits per heavy atom. The number of pyridine rings is 1. The van der Waals surface area contributed by atoms with Crippen LogP contribution in [0.4, 0.5) is 4.39 Å². The SMILES string of the molecule is COc1ccc(C(NN)c2ccncc2F)cc1. The highest BCUT2D eigenvalue weighted by Gasteiger charge is 2.16. The van der Waals surface area contributed by atoms with Gasteiger partial charge in [0.25, 0.3) is 0 Å². The molecule has 1 heterocycles. The van der Waals surface area contributed by atoms with Crippen molar-refractivity contribution in [2.75, 3.05) is 7.11 Å². The first kappa shape index (κ1) is 12.5. The summed E-state index contributed by atoms with van der Waals surface area (Å²) in [6, 6.07) is 8.47. The van der Waals surface area contributed by atoms with E-state index in [4.69, 9.17) is 10.6 Å². The number of hydrogen-bond acceptors (Lipinski definition) is 4. The van der Waals surface area contributed by atoms with Crippen molar-refractivity contribution in [3.8, 4) is 5.75 Å². The largest absolute Gasteiger partial charge is 0.497 e. The van der Waals surface area contributed by atoms with Crippen LogP contribution in [0, 0.1) is 5.82 Å². The first-order valence-electron chi connectivity index (χ1n) is 5.45. The average molecular weight is 247 g/mol. The molecule has 18 heavy (non-hydrogen) atoms. The molecule has 0 saturated carbocycles. The van der Waals surface area contributed by atoms with Gasteiger partial charge < -0.3 is 4.74 Å². The number of hydrogen-bond donors (Lipinski definition) is 2. The highest BCUT2D eigenvalue weighted by molar-refractivity contribution is 5.35. The minimum Gasteiger partial charge on any atom is -0.497 e. The van der Waals surface area contributed by atoms with Crippen LogP contribution < -0.4 is 16.0 Å². The maximum atomic E-state index is 13.7. The number of halogens is 1. The van der Waals surface area contributed by atoms with E-state index < -0.39 is 11.9 Å². The molecule has 0 aliphatic rings. The molecule has 4 nitrogen and oxygen atoms in total. The number of nitrogens with zero attached hydrogens (tertiary/aromatic N) is 1. The summed E-state index contributed by atoms with van der Waals surface area (Å²) in [5.74, 6) is 5.86. The van der Waals surface area contributed by atoms with E-state index in [1.165, 1.54) is 12.4 Å². The lowest BCUT2D eigenvalue weighted by molar-refractivity contribution is 0.414. The molecule has 1 aromatic carbocycles. The Labute approximate surface area is 105 Å². The molecular weight excluding hydrogens is 233 g/mol. The zero-order valence-electron chi connectivity index (χ0n) is 9.93. The van der Waals surface area contributed by atoms with Crippen molar-refractivity contribution in [1.29, 1.82) is 0 Å². The zero-order valence-corrected chi connectivity index (χ0v) is 9.93. The molecular formula is C13H14FN3O. The third-order valence-electron chi connectivity index (χ3n) is 2.73. The van der Waals surface area contributed by atoms with Gasteiger partial charge in [-0.05, 0) is 23.8 Å². The van der Waals surface area contributed by atoms with Crippen molar-refractivity contribution in [2.24, 2.45) is 5.84 Å². The first-order valence-corrected chi connectivity index (χ1v) is 5.45. The van der Waals surface area contributed by atoms with Gasteiger partial charge in [-0.3, -0.25) is 10.8 Å². The average Bonchev–Trinajstić information content (AvgIpc) is 2.42. The second-order valence-electron chi connectivity index (χ2n) is 3.77. The number of hydrazine groups is 1. The highest BCUT2D eigenvalue weighted by atomic mass is 19.1. The van der Waals surface area contributed by atoms with Crippen molar-refractivity contribution in [3.05, 3.63) is 59.7 Å². The number of nitrogens with two attached hydrogens (primary N) is 1. The van der Waals surface area contributed by atoms with Crippen LogP contribution in [0.1, 0.15) is 17.2 Å². The molecule has 2 aromatic rings. The smallest absolute Gasteiger partial charge is 0.146 e. The topological polar surface area (TPSA) is 60.2 Å². The van der Waals surface area contributed by atoms with Gasteiger partial charge in [0.05, 0.1) is 19.3 Å². The van der Waals surface area contributed by atoms with Gasteiger partial charge in [0.1, 0.15) is 11.6 Å². The van der Waals surface area contributed by atoms with E-state index in [2.05, 4.69) is 10.4 Å². The third kappa shape index (κ3) is 2.47. The van der Waals surface area contributed by atoms with Crippen molar-refractivity contribution in [1.82, 2.24) is 10.4 Å². The summed E-state index contributed by atoms with van der Waals surface area (Å²) >= 11 is 0. The molecule has 0 aliphatic heterocycles. The fourth-order valence-electron chi connectivity index (χ4n) is 1.78. The van der Waals surface area contributed by atoms with Crippen LogP contribution in [0.2, 0.25) is 0 Å². The molecule has 3 N–H and O–H groups in total. The van der Waals surface area contributed by atoms with Crippen LogP contribution >= 0.6 is 0 Å². The number of rotatable bonds is 4. The molecule has 0 bridgehead atoms. The second-order valence-corrected chi connectivity index (χ2v) is 3.77. The van der Waals surface area contributed by atoms with E-state index in [9.17, 15) is 4.39 Å². The van der Waals surface area contributed by atoms with Crippen molar-refractivity contribution < 1.29 is 9.13 Å². The molecule has 1 unspecified atom stereocenters. The first-order chi connectivity index (χ1) is 8.76. The lowest BCUT2D eigenvalue weighted by Gasteiger charge is -2.17. The van der Waals surface area contributed by atoms with Gasteiger partial charge in [-0.2, -0.15) is 0 Å². The van der Waals surface area contributed by atoms with Crippen LogP contribution in [0.5, 0.6) is 5.75 Å². The Hall–Kier alpha value is -1.98. The van der Waals surface area contributed by atoms with E-state index >= 15 is 0 Å². The Bertz CT molecular complexity index is 516. The van der Waals surface area contributed by atoms with Gasteiger partial charge in [0.2, 0.25) is 0 Å². The molecule has 0 aliphatic carbocycles. The zero-order chi connectivity index (χ0) is 13.0. The van der Waals surface area contributed by atoms with Crippen molar-refractivity contribution in [2.45, 2.75) is 6.04 Å². The Balaban J connectivity index is 2.36. The lowest BCUT2D eigenvalue weighted by atomic mass is 10.00. The molecule has 0 saturated heterocycles.